The predicted molar refractivity (Wildman–Crippen MR) is 146 cm³/mol. The highest BCUT2D eigenvalue weighted by Gasteiger charge is 2.26. The largest absolute Gasteiger partial charge is 0.507 e. The van der Waals surface area contributed by atoms with Crippen LogP contribution in [0, 0.1) is 5.82 Å². The number of carbonyl (C=O) groups is 1. The summed E-state index contributed by atoms with van der Waals surface area (Å²) >= 11 is 3.35. The Bertz CT molecular complexity index is 1330. The van der Waals surface area contributed by atoms with Crippen LogP contribution in [0.3, 0.4) is 0 Å². The van der Waals surface area contributed by atoms with Crippen LogP contribution in [0.4, 0.5) is 4.39 Å². The van der Waals surface area contributed by atoms with Crippen LogP contribution in [0.15, 0.2) is 113 Å². The molecule has 0 heterocycles. The van der Waals surface area contributed by atoms with E-state index in [-0.39, 0.29) is 30.1 Å². The van der Waals surface area contributed by atoms with Crippen molar-refractivity contribution in [2.24, 2.45) is 5.16 Å². The average Bonchev–Trinajstić information content (AvgIpc) is 2.92. The van der Waals surface area contributed by atoms with E-state index < -0.39 is 0 Å². The van der Waals surface area contributed by atoms with E-state index in [0.717, 1.165) is 21.2 Å². The third-order valence-electron chi connectivity index (χ3n) is 5.86. The molecule has 0 saturated heterocycles. The van der Waals surface area contributed by atoms with Gasteiger partial charge in [-0.15, -0.1) is 0 Å². The van der Waals surface area contributed by atoms with Crippen molar-refractivity contribution in [3.8, 4) is 5.75 Å². The van der Waals surface area contributed by atoms with Crippen molar-refractivity contribution >= 4 is 28.1 Å². The maximum absolute atomic E-state index is 13.7. The summed E-state index contributed by atoms with van der Waals surface area (Å²) in [5.41, 5.74) is 3.28. The Kier molecular flexibility index (Phi) is 9.05. The minimum absolute atomic E-state index is 0.0480. The van der Waals surface area contributed by atoms with Gasteiger partial charge in [0, 0.05) is 16.6 Å². The van der Waals surface area contributed by atoms with Gasteiger partial charge in [-0.05, 0) is 53.4 Å². The predicted octanol–water partition coefficient (Wildman–Crippen LogP) is 6.66. The third kappa shape index (κ3) is 7.51. The van der Waals surface area contributed by atoms with Gasteiger partial charge in [0.25, 0.3) is 5.91 Å². The summed E-state index contributed by atoms with van der Waals surface area (Å²) in [6.07, 6.45) is 1.90. The van der Waals surface area contributed by atoms with Gasteiger partial charge in [-0.1, -0.05) is 93.9 Å². The number of benzene rings is 4. The molecule has 1 N–H and O–H groups in total. The highest BCUT2D eigenvalue weighted by Crippen LogP contribution is 2.28. The van der Waals surface area contributed by atoms with Crippen molar-refractivity contribution in [3.63, 3.8) is 0 Å². The second kappa shape index (κ2) is 12.8. The molecule has 7 heteroatoms. The number of oxime groups is 1. The monoisotopic (exact) mass is 560 g/mol. The number of phenolic OH excluding ortho intramolecular Hbond substituents is 1. The van der Waals surface area contributed by atoms with Crippen molar-refractivity contribution in [1.82, 2.24) is 4.90 Å². The SMILES string of the molecule is O=C(CO/N=C\c1cc(Br)ccc1O)N(Cc1ccccc1)[C@H](Cc1ccccc1)c1ccc(F)cc1. The maximum Gasteiger partial charge on any atom is 0.264 e. The van der Waals surface area contributed by atoms with E-state index >= 15 is 0 Å². The Morgan fingerprint density at radius 1 is 0.946 bits per heavy atom. The Morgan fingerprint density at radius 3 is 2.27 bits per heavy atom. The molecule has 0 unspecified atom stereocenters. The fraction of sp³-hybridized carbons (Fsp3) is 0.133. The standard InChI is InChI=1S/C30H26BrFN2O3/c31-26-13-16-29(35)25(18-26)19-33-37-21-30(36)34(20-23-9-5-2-6-10-23)28(17-22-7-3-1-4-8-22)24-11-14-27(32)15-12-24/h1-16,18-19,28,35H,17,20-21H2/b33-19-/t28-/m1/s1. The lowest BCUT2D eigenvalue weighted by molar-refractivity contribution is -0.139. The van der Waals surface area contributed by atoms with Gasteiger partial charge in [0.2, 0.25) is 0 Å². The number of nitrogens with zero attached hydrogens (tertiary/aromatic N) is 2. The summed E-state index contributed by atoms with van der Waals surface area (Å²) in [6, 6.07) is 30.4. The van der Waals surface area contributed by atoms with Crippen LogP contribution in [0.25, 0.3) is 0 Å². The van der Waals surface area contributed by atoms with Crippen LogP contribution < -0.4 is 0 Å². The van der Waals surface area contributed by atoms with Crippen molar-refractivity contribution in [2.45, 2.75) is 19.0 Å². The van der Waals surface area contributed by atoms with Gasteiger partial charge in [-0.3, -0.25) is 4.79 Å². The molecule has 188 valence electrons. The molecule has 0 aliphatic heterocycles. The van der Waals surface area contributed by atoms with Gasteiger partial charge < -0.3 is 14.8 Å². The first-order valence-corrected chi connectivity index (χ1v) is 12.6. The molecule has 0 aromatic heterocycles. The van der Waals surface area contributed by atoms with Crippen LogP contribution in [0.2, 0.25) is 0 Å². The Balaban J connectivity index is 1.59. The number of carbonyl (C=O) groups excluding carboxylic acids is 1. The fourth-order valence-corrected chi connectivity index (χ4v) is 4.36. The zero-order chi connectivity index (χ0) is 26.0. The van der Waals surface area contributed by atoms with Gasteiger partial charge in [-0.25, -0.2) is 4.39 Å². The lowest BCUT2D eigenvalue weighted by atomic mass is 9.96. The second-order valence-corrected chi connectivity index (χ2v) is 9.39. The molecule has 1 amide bonds. The van der Waals surface area contributed by atoms with Gasteiger partial charge >= 0.3 is 0 Å². The van der Waals surface area contributed by atoms with E-state index in [9.17, 15) is 14.3 Å². The van der Waals surface area contributed by atoms with E-state index in [1.165, 1.54) is 24.4 Å². The summed E-state index contributed by atoms with van der Waals surface area (Å²) in [4.78, 5) is 20.6. The average molecular weight is 561 g/mol. The third-order valence-corrected chi connectivity index (χ3v) is 6.36. The van der Waals surface area contributed by atoms with E-state index in [2.05, 4.69) is 21.1 Å². The van der Waals surface area contributed by atoms with E-state index in [1.807, 2.05) is 60.7 Å². The van der Waals surface area contributed by atoms with Crippen LogP contribution in [-0.2, 0) is 22.6 Å². The zero-order valence-electron chi connectivity index (χ0n) is 20.0. The number of rotatable bonds is 10. The lowest BCUT2D eigenvalue weighted by Crippen LogP contribution is -2.37. The quantitative estimate of drug-likeness (QED) is 0.174. The first-order chi connectivity index (χ1) is 18.0. The number of hydrogen-bond donors (Lipinski definition) is 1. The number of hydrogen-bond acceptors (Lipinski definition) is 4. The summed E-state index contributed by atoms with van der Waals surface area (Å²) in [6.45, 7) is 0.0403. The van der Waals surface area contributed by atoms with E-state index in [0.29, 0.717) is 18.5 Å². The van der Waals surface area contributed by atoms with Crippen molar-refractivity contribution < 1.29 is 19.1 Å². The van der Waals surface area contributed by atoms with Gasteiger partial charge in [0.05, 0.1) is 12.3 Å². The first-order valence-electron chi connectivity index (χ1n) is 11.8. The minimum Gasteiger partial charge on any atom is -0.507 e. The number of phenols is 1. The van der Waals surface area contributed by atoms with Crippen LogP contribution in [-0.4, -0.2) is 28.7 Å². The molecule has 0 fully saturated rings. The Morgan fingerprint density at radius 2 is 1.59 bits per heavy atom. The molecule has 0 bridgehead atoms. The van der Waals surface area contributed by atoms with Gasteiger partial charge in [-0.2, -0.15) is 0 Å². The smallest absolute Gasteiger partial charge is 0.264 e. The summed E-state index contributed by atoms with van der Waals surface area (Å²) in [5, 5.41) is 13.9. The molecule has 37 heavy (non-hydrogen) atoms. The van der Waals surface area contributed by atoms with Crippen molar-refractivity contribution in [1.29, 1.82) is 0 Å². The minimum atomic E-state index is -0.364. The number of aromatic hydroxyl groups is 1. The Hall–Kier alpha value is -3.97. The molecular formula is C30H26BrFN2O3. The molecule has 0 saturated carbocycles. The fourth-order valence-electron chi connectivity index (χ4n) is 3.98. The molecule has 5 nitrogen and oxygen atoms in total. The number of amides is 1. The molecule has 0 spiro atoms. The number of halogens is 2. The van der Waals surface area contributed by atoms with Gasteiger partial charge in [0.15, 0.2) is 6.61 Å². The summed E-state index contributed by atoms with van der Waals surface area (Å²) < 4.78 is 14.5. The van der Waals surface area contributed by atoms with Crippen molar-refractivity contribution in [2.75, 3.05) is 6.61 Å². The van der Waals surface area contributed by atoms with E-state index in [1.54, 1.807) is 29.2 Å². The molecule has 4 aromatic carbocycles. The van der Waals surface area contributed by atoms with Crippen LogP contribution in [0.5, 0.6) is 5.75 Å². The lowest BCUT2D eigenvalue weighted by Gasteiger charge is -2.32. The highest BCUT2D eigenvalue weighted by molar-refractivity contribution is 9.10. The van der Waals surface area contributed by atoms with Crippen LogP contribution >= 0.6 is 15.9 Å². The molecule has 0 aliphatic rings. The molecular weight excluding hydrogens is 535 g/mol. The van der Waals surface area contributed by atoms with Crippen molar-refractivity contribution in [3.05, 3.63) is 136 Å². The first kappa shape index (κ1) is 26.1. The second-order valence-electron chi connectivity index (χ2n) is 8.48. The highest BCUT2D eigenvalue weighted by atomic mass is 79.9. The maximum atomic E-state index is 13.7. The summed E-state index contributed by atoms with van der Waals surface area (Å²) in [5.74, 6) is -0.562. The molecule has 1 atom stereocenters. The normalized spacial score (nSPS) is 11.8. The molecule has 0 radical (unpaired) electrons. The zero-order valence-corrected chi connectivity index (χ0v) is 21.6. The van der Waals surface area contributed by atoms with Crippen LogP contribution in [0.1, 0.15) is 28.3 Å². The molecule has 0 aliphatic carbocycles. The molecule has 4 rings (SSSR count). The Labute approximate surface area is 224 Å². The van der Waals surface area contributed by atoms with Gasteiger partial charge in [0.1, 0.15) is 11.6 Å². The molecule has 4 aromatic rings. The topological polar surface area (TPSA) is 62.1 Å². The van der Waals surface area contributed by atoms with E-state index in [4.69, 9.17) is 4.84 Å². The summed E-state index contributed by atoms with van der Waals surface area (Å²) in [7, 11) is 0.